The van der Waals surface area contributed by atoms with Gasteiger partial charge in [-0.05, 0) is 25.3 Å². The van der Waals surface area contributed by atoms with Gasteiger partial charge in [-0.15, -0.1) is 0 Å². The van der Waals surface area contributed by atoms with Gasteiger partial charge in [-0.2, -0.15) is 0 Å². The Morgan fingerprint density at radius 1 is 1.41 bits per heavy atom. The highest BCUT2D eigenvalue weighted by molar-refractivity contribution is 4.97. The minimum atomic E-state index is 0.688. The second-order valence-electron chi connectivity index (χ2n) is 4.80. The Morgan fingerprint density at radius 2 is 2.24 bits per heavy atom. The normalized spacial score (nSPS) is 11.3. The maximum atomic E-state index is 5.05. The zero-order valence-electron chi connectivity index (χ0n) is 11.3. The van der Waals surface area contributed by atoms with Crippen molar-refractivity contribution in [3.8, 4) is 0 Å². The Bertz CT molecular complexity index is 297. The average molecular weight is 239 g/mol. The van der Waals surface area contributed by atoms with Crippen LogP contribution in [0.3, 0.4) is 0 Å². The number of hydrogen-bond donors (Lipinski definition) is 1. The minimum absolute atomic E-state index is 0.688. The van der Waals surface area contributed by atoms with Gasteiger partial charge >= 0.3 is 0 Å². The van der Waals surface area contributed by atoms with E-state index in [9.17, 15) is 0 Å². The molecule has 0 aliphatic rings. The number of aromatic nitrogens is 2. The maximum Gasteiger partial charge on any atom is 0.0948 e. The third-order valence-corrected chi connectivity index (χ3v) is 2.65. The van der Waals surface area contributed by atoms with Gasteiger partial charge in [-0.25, -0.2) is 4.98 Å². The first-order valence-electron chi connectivity index (χ1n) is 6.42. The average Bonchev–Trinajstić information content (AvgIpc) is 2.72. The van der Waals surface area contributed by atoms with Crippen LogP contribution in [0.25, 0.3) is 0 Å². The number of nitrogens with one attached hydrogen (secondary N) is 1. The smallest absolute Gasteiger partial charge is 0.0948 e. The Labute approximate surface area is 104 Å². The van der Waals surface area contributed by atoms with Crippen molar-refractivity contribution >= 4 is 0 Å². The van der Waals surface area contributed by atoms with E-state index in [1.54, 1.807) is 7.11 Å². The van der Waals surface area contributed by atoms with Gasteiger partial charge in [0.2, 0.25) is 0 Å². The predicted molar refractivity (Wildman–Crippen MR) is 69.9 cm³/mol. The summed E-state index contributed by atoms with van der Waals surface area (Å²) in [6, 6.07) is 0. The molecule has 98 valence electrons. The first kappa shape index (κ1) is 14.2. The molecule has 1 heterocycles. The highest BCUT2D eigenvalue weighted by Gasteiger charge is 2.02. The Hall–Kier alpha value is -0.870. The summed E-state index contributed by atoms with van der Waals surface area (Å²) in [6.45, 7) is 8.26. The third kappa shape index (κ3) is 5.84. The van der Waals surface area contributed by atoms with Gasteiger partial charge in [0.1, 0.15) is 0 Å². The molecular weight excluding hydrogens is 214 g/mol. The van der Waals surface area contributed by atoms with Gasteiger partial charge in [0.05, 0.1) is 12.0 Å². The van der Waals surface area contributed by atoms with Crippen LogP contribution < -0.4 is 5.32 Å². The van der Waals surface area contributed by atoms with Gasteiger partial charge in [-0.3, -0.25) is 0 Å². The number of unbranched alkanes of at least 4 members (excludes halogenated alkanes) is 1. The third-order valence-electron chi connectivity index (χ3n) is 2.65. The summed E-state index contributed by atoms with van der Waals surface area (Å²) in [6.07, 6.45) is 6.11. The molecule has 0 radical (unpaired) electrons. The van der Waals surface area contributed by atoms with Crippen molar-refractivity contribution in [2.75, 3.05) is 20.3 Å². The van der Waals surface area contributed by atoms with Crippen LogP contribution in [0.15, 0.2) is 12.5 Å². The summed E-state index contributed by atoms with van der Waals surface area (Å²) in [5, 5.41) is 3.44. The SMILES string of the molecule is COCCCCn1cncc1CNCC(C)C. The molecule has 0 aromatic carbocycles. The lowest BCUT2D eigenvalue weighted by Crippen LogP contribution is -2.20. The van der Waals surface area contributed by atoms with Crippen LogP contribution >= 0.6 is 0 Å². The summed E-state index contributed by atoms with van der Waals surface area (Å²) in [4.78, 5) is 4.21. The van der Waals surface area contributed by atoms with Crippen molar-refractivity contribution in [2.24, 2.45) is 5.92 Å². The molecular formula is C13H25N3O. The Balaban J connectivity index is 2.27. The van der Waals surface area contributed by atoms with Gasteiger partial charge in [0.25, 0.3) is 0 Å². The highest BCUT2D eigenvalue weighted by Crippen LogP contribution is 2.03. The zero-order valence-corrected chi connectivity index (χ0v) is 11.3. The van der Waals surface area contributed by atoms with E-state index in [2.05, 4.69) is 28.7 Å². The second kappa shape index (κ2) is 8.25. The number of nitrogens with zero attached hydrogens (tertiary/aromatic N) is 2. The van der Waals surface area contributed by atoms with E-state index in [0.717, 1.165) is 39.1 Å². The molecule has 0 saturated carbocycles. The van der Waals surface area contributed by atoms with Crippen LogP contribution in [0.5, 0.6) is 0 Å². The van der Waals surface area contributed by atoms with E-state index in [-0.39, 0.29) is 0 Å². The van der Waals surface area contributed by atoms with Crippen molar-refractivity contribution in [1.29, 1.82) is 0 Å². The zero-order chi connectivity index (χ0) is 12.5. The van der Waals surface area contributed by atoms with Crippen molar-refractivity contribution in [3.63, 3.8) is 0 Å². The molecule has 1 aromatic heterocycles. The van der Waals surface area contributed by atoms with E-state index in [0.29, 0.717) is 5.92 Å². The van der Waals surface area contributed by atoms with E-state index < -0.39 is 0 Å². The summed E-state index contributed by atoms with van der Waals surface area (Å²) in [7, 11) is 1.75. The van der Waals surface area contributed by atoms with Crippen molar-refractivity contribution < 1.29 is 4.74 Å². The summed E-state index contributed by atoms with van der Waals surface area (Å²) < 4.78 is 7.27. The fourth-order valence-corrected chi connectivity index (χ4v) is 1.71. The lowest BCUT2D eigenvalue weighted by molar-refractivity contribution is 0.191. The number of ether oxygens (including phenoxy) is 1. The molecule has 0 aliphatic heterocycles. The molecule has 1 rings (SSSR count). The van der Waals surface area contributed by atoms with E-state index in [1.165, 1.54) is 5.69 Å². The monoisotopic (exact) mass is 239 g/mol. The second-order valence-corrected chi connectivity index (χ2v) is 4.80. The van der Waals surface area contributed by atoms with Gasteiger partial charge in [-0.1, -0.05) is 13.8 Å². The maximum absolute atomic E-state index is 5.05. The quantitative estimate of drug-likeness (QED) is 0.670. The van der Waals surface area contributed by atoms with E-state index >= 15 is 0 Å². The van der Waals surface area contributed by atoms with Crippen LogP contribution in [-0.4, -0.2) is 29.8 Å². The first-order chi connectivity index (χ1) is 8.24. The Morgan fingerprint density at radius 3 is 2.94 bits per heavy atom. The first-order valence-corrected chi connectivity index (χ1v) is 6.42. The Kier molecular flexibility index (Phi) is 6.89. The number of methoxy groups -OCH3 is 1. The summed E-state index contributed by atoms with van der Waals surface area (Å²) in [5.74, 6) is 0.688. The van der Waals surface area contributed by atoms with Gasteiger partial charge in [0, 0.05) is 33.0 Å². The van der Waals surface area contributed by atoms with Gasteiger partial charge in [0.15, 0.2) is 0 Å². The molecule has 4 nitrogen and oxygen atoms in total. The summed E-state index contributed by atoms with van der Waals surface area (Å²) >= 11 is 0. The number of imidazole rings is 1. The lowest BCUT2D eigenvalue weighted by atomic mass is 10.2. The molecule has 1 N–H and O–H groups in total. The molecule has 1 aromatic rings. The molecule has 0 atom stereocenters. The van der Waals surface area contributed by atoms with Crippen LogP contribution in [0, 0.1) is 5.92 Å². The lowest BCUT2D eigenvalue weighted by Gasteiger charge is -2.10. The standard InChI is InChI=1S/C13H25N3O/c1-12(2)8-14-9-13-10-15-11-16(13)6-4-5-7-17-3/h10-12,14H,4-9H2,1-3H3. The number of hydrogen-bond acceptors (Lipinski definition) is 3. The molecule has 0 bridgehead atoms. The van der Waals surface area contributed by atoms with Crippen LogP contribution in [0.1, 0.15) is 32.4 Å². The molecule has 4 heteroatoms. The topological polar surface area (TPSA) is 39.1 Å². The van der Waals surface area contributed by atoms with Crippen LogP contribution in [0.2, 0.25) is 0 Å². The van der Waals surface area contributed by atoms with E-state index in [1.807, 2.05) is 12.5 Å². The molecule has 0 fully saturated rings. The molecule has 0 spiro atoms. The van der Waals surface area contributed by atoms with E-state index in [4.69, 9.17) is 4.74 Å². The molecule has 0 amide bonds. The van der Waals surface area contributed by atoms with Crippen LogP contribution in [0.4, 0.5) is 0 Å². The predicted octanol–water partition coefficient (Wildman–Crippen LogP) is 2.06. The van der Waals surface area contributed by atoms with Crippen molar-refractivity contribution in [1.82, 2.24) is 14.9 Å². The number of rotatable bonds is 9. The highest BCUT2D eigenvalue weighted by atomic mass is 16.5. The van der Waals surface area contributed by atoms with Crippen LogP contribution in [-0.2, 0) is 17.8 Å². The fourth-order valence-electron chi connectivity index (χ4n) is 1.71. The minimum Gasteiger partial charge on any atom is -0.385 e. The van der Waals surface area contributed by atoms with Gasteiger partial charge < -0.3 is 14.6 Å². The molecule has 0 aliphatic carbocycles. The van der Waals surface area contributed by atoms with Crippen molar-refractivity contribution in [3.05, 3.63) is 18.2 Å². The molecule has 0 saturated heterocycles. The largest absolute Gasteiger partial charge is 0.385 e. The van der Waals surface area contributed by atoms with Crippen molar-refractivity contribution in [2.45, 2.75) is 39.8 Å². The number of aryl methyl sites for hydroxylation is 1. The molecule has 17 heavy (non-hydrogen) atoms. The molecule has 0 unspecified atom stereocenters. The summed E-state index contributed by atoms with van der Waals surface area (Å²) in [5.41, 5.74) is 1.27. The fraction of sp³-hybridized carbons (Fsp3) is 0.769.